The summed E-state index contributed by atoms with van der Waals surface area (Å²) in [7, 11) is 2.89. The van der Waals surface area contributed by atoms with Crippen molar-refractivity contribution in [3.8, 4) is 44.8 Å². The maximum Gasteiger partial charge on any atom is 0.0548 e. The fourth-order valence-corrected chi connectivity index (χ4v) is 9.61. The summed E-state index contributed by atoms with van der Waals surface area (Å²) in [5, 5.41) is 6.26. The molecule has 0 saturated heterocycles. The number of hydrogen-bond donors (Lipinski definition) is 0. The molecule has 0 spiro atoms. The van der Waals surface area contributed by atoms with Crippen LogP contribution in [0, 0.1) is 0 Å². The molecule has 8 aromatic carbocycles. The Hall–Kier alpha value is -6.21. The lowest BCUT2D eigenvalue weighted by Gasteiger charge is -2.23. The van der Waals surface area contributed by atoms with E-state index in [1.54, 1.807) is 0 Å². The van der Waals surface area contributed by atoms with Crippen LogP contribution < -0.4 is 5.30 Å². The molecule has 0 fully saturated rings. The molecule has 11 rings (SSSR count). The molecule has 0 N–H and O–H groups in total. The normalized spacial score (nSPS) is 13.2. The largest absolute Gasteiger partial charge is 0.309 e. The van der Waals surface area contributed by atoms with Crippen LogP contribution in [0.3, 0.4) is 0 Å². The van der Waals surface area contributed by atoms with Crippen molar-refractivity contribution in [2.75, 3.05) is 0 Å². The zero-order valence-electron chi connectivity index (χ0n) is 30.2. The Morgan fingerprint density at radius 1 is 0.370 bits per heavy atom. The first-order chi connectivity index (χ1) is 26.5. The SMILES string of the molecule is CC1(C)c2cc(-c3cccc(-c4ccccc4P)c3)ccc2-c2ccc(-n3c4ccccc4c4cc5c(cc43)c3ccccc3n5-c3ccccc3)cc21. The monoisotopic (exact) mass is 708 g/mol. The highest BCUT2D eigenvalue weighted by Gasteiger charge is 2.36. The summed E-state index contributed by atoms with van der Waals surface area (Å²) in [5.41, 5.74) is 17.5. The molecule has 0 aliphatic heterocycles. The molecule has 54 heavy (non-hydrogen) atoms. The lowest BCUT2D eigenvalue weighted by atomic mass is 9.81. The van der Waals surface area contributed by atoms with Gasteiger partial charge in [-0.3, -0.25) is 0 Å². The number of benzene rings is 8. The third-order valence-electron chi connectivity index (χ3n) is 11.9. The molecule has 0 bridgehead atoms. The van der Waals surface area contributed by atoms with Gasteiger partial charge in [0.15, 0.2) is 0 Å². The third-order valence-corrected chi connectivity index (χ3v) is 12.4. The van der Waals surface area contributed by atoms with Crippen molar-refractivity contribution in [3.05, 3.63) is 187 Å². The van der Waals surface area contributed by atoms with Gasteiger partial charge in [-0.05, 0) is 110 Å². The Kier molecular flexibility index (Phi) is 6.76. The summed E-state index contributed by atoms with van der Waals surface area (Å²) in [6, 6.07) is 65.0. The first kappa shape index (κ1) is 31.3. The van der Waals surface area contributed by atoms with Gasteiger partial charge in [-0.15, -0.1) is 9.24 Å². The predicted octanol–water partition coefficient (Wildman–Crippen LogP) is 13.0. The Bertz CT molecular complexity index is 3140. The predicted molar refractivity (Wildman–Crippen MR) is 233 cm³/mol. The van der Waals surface area contributed by atoms with E-state index in [-0.39, 0.29) is 5.41 Å². The van der Waals surface area contributed by atoms with E-state index in [1.165, 1.54) is 105 Å². The van der Waals surface area contributed by atoms with Crippen LogP contribution in [-0.4, -0.2) is 9.13 Å². The molecule has 2 nitrogen and oxygen atoms in total. The van der Waals surface area contributed by atoms with Gasteiger partial charge >= 0.3 is 0 Å². The number of nitrogens with zero attached hydrogens (tertiary/aromatic N) is 2. The van der Waals surface area contributed by atoms with E-state index in [0.29, 0.717) is 0 Å². The average molecular weight is 709 g/mol. The smallest absolute Gasteiger partial charge is 0.0548 e. The van der Waals surface area contributed by atoms with Crippen LogP contribution in [0.1, 0.15) is 25.0 Å². The van der Waals surface area contributed by atoms with E-state index in [2.05, 4.69) is 208 Å². The van der Waals surface area contributed by atoms with Gasteiger partial charge in [0.05, 0.1) is 22.1 Å². The van der Waals surface area contributed by atoms with Crippen molar-refractivity contribution in [1.29, 1.82) is 0 Å². The Morgan fingerprint density at radius 2 is 0.926 bits per heavy atom. The molecular weight excluding hydrogens is 672 g/mol. The fourth-order valence-electron chi connectivity index (χ4n) is 9.23. The minimum atomic E-state index is -0.171. The Morgan fingerprint density at radius 3 is 1.63 bits per heavy atom. The first-order valence-corrected chi connectivity index (χ1v) is 19.3. The molecule has 2 heterocycles. The van der Waals surface area contributed by atoms with Gasteiger partial charge in [0.25, 0.3) is 0 Å². The minimum Gasteiger partial charge on any atom is -0.309 e. The van der Waals surface area contributed by atoms with Gasteiger partial charge in [0.1, 0.15) is 0 Å². The topological polar surface area (TPSA) is 9.86 Å². The molecule has 2 aromatic heterocycles. The molecule has 1 aliphatic rings. The molecule has 256 valence electrons. The molecule has 10 aromatic rings. The molecule has 1 atom stereocenters. The van der Waals surface area contributed by atoms with Crippen LogP contribution in [0.25, 0.3) is 88.4 Å². The molecule has 3 heteroatoms. The van der Waals surface area contributed by atoms with Crippen molar-refractivity contribution in [2.45, 2.75) is 19.3 Å². The van der Waals surface area contributed by atoms with Gasteiger partial charge < -0.3 is 9.13 Å². The number of aromatic nitrogens is 2. The van der Waals surface area contributed by atoms with Crippen molar-refractivity contribution in [2.24, 2.45) is 0 Å². The highest BCUT2D eigenvalue weighted by atomic mass is 31.0. The standard InChI is InChI=1S/C51H37N2P/c1-51(2)44-28-33(32-13-12-14-34(27-32)37-17-8-11-22-50(37)54)23-25-38(44)39-26-24-36(29-45(39)51)53-47-21-10-7-19-41(47)43-30-48-42(31-49(43)53)40-18-6-9-20-46(40)52(48)35-15-4-3-5-16-35/h3-31H,54H2,1-2H3. The van der Waals surface area contributed by atoms with Crippen LogP contribution in [0.5, 0.6) is 0 Å². The summed E-state index contributed by atoms with van der Waals surface area (Å²) in [6.07, 6.45) is 0. The first-order valence-electron chi connectivity index (χ1n) is 18.7. The van der Waals surface area contributed by atoms with Crippen LogP contribution in [-0.2, 0) is 5.41 Å². The van der Waals surface area contributed by atoms with Crippen LogP contribution in [0.2, 0.25) is 0 Å². The van der Waals surface area contributed by atoms with Crippen molar-refractivity contribution in [1.82, 2.24) is 9.13 Å². The van der Waals surface area contributed by atoms with E-state index >= 15 is 0 Å². The van der Waals surface area contributed by atoms with Crippen molar-refractivity contribution < 1.29 is 0 Å². The average Bonchev–Trinajstić information content (AvgIpc) is 3.79. The van der Waals surface area contributed by atoms with Crippen LogP contribution in [0.4, 0.5) is 0 Å². The lowest BCUT2D eigenvalue weighted by molar-refractivity contribution is 0.660. The number of para-hydroxylation sites is 3. The van der Waals surface area contributed by atoms with Crippen LogP contribution >= 0.6 is 9.24 Å². The van der Waals surface area contributed by atoms with Crippen molar-refractivity contribution in [3.63, 3.8) is 0 Å². The zero-order chi connectivity index (χ0) is 36.1. The second-order valence-corrected chi connectivity index (χ2v) is 15.8. The summed E-state index contributed by atoms with van der Waals surface area (Å²) in [6.45, 7) is 4.78. The van der Waals surface area contributed by atoms with Gasteiger partial charge in [0, 0.05) is 38.3 Å². The summed E-state index contributed by atoms with van der Waals surface area (Å²) >= 11 is 0. The number of rotatable bonds is 4. The molecule has 0 radical (unpaired) electrons. The van der Waals surface area contributed by atoms with E-state index < -0.39 is 0 Å². The minimum absolute atomic E-state index is 0.171. The van der Waals surface area contributed by atoms with Gasteiger partial charge in [-0.25, -0.2) is 0 Å². The molecule has 1 unspecified atom stereocenters. The molecule has 0 amide bonds. The van der Waals surface area contributed by atoms with Crippen LogP contribution in [0.15, 0.2) is 176 Å². The Balaban J connectivity index is 1.07. The quantitative estimate of drug-likeness (QED) is 0.161. The van der Waals surface area contributed by atoms with Crippen molar-refractivity contribution >= 4 is 58.2 Å². The summed E-state index contributed by atoms with van der Waals surface area (Å²) in [4.78, 5) is 0. The second kappa shape index (κ2) is 11.6. The lowest BCUT2D eigenvalue weighted by Crippen LogP contribution is -2.15. The Labute approximate surface area is 317 Å². The summed E-state index contributed by atoms with van der Waals surface area (Å²) in [5.74, 6) is 0. The maximum atomic E-state index is 2.89. The van der Waals surface area contributed by atoms with E-state index in [1.807, 2.05) is 0 Å². The van der Waals surface area contributed by atoms with E-state index in [4.69, 9.17) is 0 Å². The molecular formula is C51H37N2P. The molecule has 1 aliphatic carbocycles. The van der Waals surface area contributed by atoms with Gasteiger partial charge in [-0.2, -0.15) is 0 Å². The van der Waals surface area contributed by atoms with Gasteiger partial charge in [0.2, 0.25) is 0 Å². The maximum absolute atomic E-state index is 2.89. The van der Waals surface area contributed by atoms with E-state index in [9.17, 15) is 0 Å². The molecule has 0 saturated carbocycles. The highest BCUT2D eigenvalue weighted by Crippen LogP contribution is 2.51. The van der Waals surface area contributed by atoms with E-state index in [0.717, 1.165) is 0 Å². The summed E-state index contributed by atoms with van der Waals surface area (Å²) < 4.78 is 4.90. The third kappa shape index (κ3) is 4.51. The highest BCUT2D eigenvalue weighted by molar-refractivity contribution is 7.28. The van der Waals surface area contributed by atoms with Gasteiger partial charge in [-0.1, -0.05) is 129 Å². The second-order valence-electron chi connectivity index (χ2n) is 15.2. The fraction of sp³-hybridized carbons (Fsp3) is 0.0588. The number of hydrogen-bond acceptors (Lipinski definition) is 0. The number of fused-ring (bicyclic) bond motifs is 9. The zero-order valence-corrected chi connectivity index (χ0v) is 31.4.